The Balaban J connectivity index is 4.53. The maximum atomic E-state index is 11.6. The van der Waals surface area contributed by atoms with Gasteiger partial charge in [0.25, 0.3) is 0 Å². The normalized spacial score (nSPS) is 9.93. The lowest BCUT2D eigenvalue weighted by molar-refractivity contribution is 0.172. The van der Waals surface area contributed by atoms with E-state index in [1.165, 1.54) is 0 Å². The Kier molecular flexibility index (Phi) is 5.67. The van der Waals surface area contributed by atoms with Crippen molar-refractivity contribution in [1.82, 2.24) is 0 Å². The number of carbonyl (C=O) groups is 1. The molecule has 5 nitrogen and oxygen atoms in total. The van der Waals surface area contributed by atoms with E-state index in [1.54, 1.807) is 0 Å². The highest BCUT2D eigenvalue weighted by atomic mass is 31.2. The van der Waals surface area contributed by atoms with Crippen LogP contribution in [0.25, 0.3) is 0 Å². The third-order valence-corrected chi connectivity index (χ3v) is 2.60. The van der Waals surface area contributed by atoms with Gasteiger partial charge in [-0.3, -0.25) is 9.05 Å². The first-order valence-corrected chi connectivity index (χ1v) is 4.99. The van der Waals surface area contributed by atoms with Gasteiger partial charge in [0.15, 0.2) is 0 Å². The Bertz CT molecular complexity index is 300. The number of ether oxygens (including phenoxy) is 1. The fraction of sp³-hybridized carbons (Fsp3) is 0.375. The van der Waals surface area contributed by atoms with Crippen LogP contribution in [0.4, 0.5) is 4.79 Å². The van der Waals surface area contributed by atoms with Crippen LogP contribution in [0.2, 0.25) is 0 Å². The fourth-order valence-electron chi connectivity index (χ4n) is 0.499. The number of rotatable bonds is 5. The van der Waals surface area contributed by atoms with Crippen LogP contribution in [0.1, 0.15) is 0 Å². The van der Waals surface area contributed by atoms with Crippen molar-refractivity contribution in [2.75, 3.05) is 20.3 Å². The minimum atomic E-state index is -3.99. The van der Waals surface area contributed by atoms with Crippen molar-refractivity contribution in [3.63, 3.8) is 0 Å². The van der Waals surface area contributed by atoms with Gasteiger partial charge >= 0.3 is 13.3 Å². The monoisotopic (exact) mass is 216 g/mol. The summed E-state index contributed by atoms with van der Waals surface area (Å²) in [5.74, 6) is 4.09. The summed E-state index contributed by atoms with van der Waals surface area (Å²) >= 11 is 0. The van der Waals surface area contributed by atoms with Crippen LogP contribution in [-0.2, 0) is 18.3 Å². The average Bonchev–Trinajstić information content (AvgIpc) is 2.22. The lowest BCUT2D eigenvalue weighted by atomic mass is 10.8. The number of hydrogen-bond donors (Lipinski definition) is 0. The summed E-state index contributed by atoms with van der Waals surface area (Å²) < 4.78 is 24.9. The molecule has 14 heavy (non-hydrogen) atoms. The Morgan fingerprint density at radius 2 is 1.71 bits per heavy atom. The molecule has 0 aliphatic carbocycles. The van der Waals surface area contributed by atoms with E-state index in [1.807, 2.05) is 11.8 Å². The van der Waals surface area contributed by atoms with Crippen molar-refractivity contribution in [1.29, 1.82) is 0 Å². The molecular weight excluding hydrogens is 207 g/mol. The minimum absolute atomic E-state index is 0.322. The first-order valence-electron chi connectivity index (χ1n) is 3.45. The zero-order chi connectivity index (χ0) is 11.0. The Morgan fingerprint density at radius 3 is 2.00 bits per heavy atom. The number of hydrogen-bond acceptors (Lipinski definition) is 5. The molecule has 0 aliphatic rings. The van der Waals surface area contributed by atoms with Crippen LogP contribution in [0.15, 0.2) is 0 Å². The summed E-state index contributed by atoms with van der Waals surface area (Å²) in [6.45, 7) is -0.645. The first kappa shape index (κ1) is 12.7. The molecule has 0 spiro atoms. The second kappa shape index (κ2) is 6.23. The summed E-state index contributed by atoms with van der Waals surface area (Å²) in [5, 5.41) is 0. The predicted octanol–water partition coefficient (Wildman–Crippen LogP) is 1.25. The zero-order valence-corrected chi connectivity index (χ0v) is 8.45. The maximum absolute atomic E-state index is 11.6. The number of methoxy groups -OCH3 is 1. The van der Waals surface area contributed by atoms with E-state index >= 15 is 0 Å². The van der Waals surface area contributed by atoms with Crippen LogP contribution in [0.5, 0.6) is 0 Å². The van der Waals surface area contributed by atoms with E-state index in [0.717, 1.165) is 7.11 Å². The van der Waals surface area contributed by atoms with E-state index in [9.17, 15) is 9.36 Å². The van der Waals surface area contributed by atoms with Gasteiger partial charge in [-0.25, -0.2) is 9.36 Å². The lowest BCUT2D eigenvalue weighted by Gasteiger charge is -2.12. The van der Waals surface area contributed by atoms with Gasteiger partial charge in [-0.15, -0.1) is 12.8 Å². The first-order chi connectivity index (χ1) is 6.60. The SMILES string of the molecule is C#CCOP(=O)(OCC#C)C(=O)OC. The van der Waals surface area contributed by atoms with E-state index < -0.39 is 13.3 Å². The van der Waals surface area contributed by atoms with Crippen LogP contribution >= 0.6 is 7.60 Å². The molecule has 0 bridgehead atoms. The quantitative estimate of drug-likeness (QED) is 0.511. The zero-order valence-electron chi connectivity index (χ0n) is 7.56. The second-order valence-corrected chi connectivity index (χ2v) is 3.80. The molecular formula is C8H9O5P. The molecule has 0 amide bonds. The molecule has 0 saturated heterocycles. The molecule has 0 unspecified atom stereocenters. The van der Waals surface area contributed by atoms with Crippen LogP contribution < -0.4 is 0 Å². The number of carbonyl (C=O) groups excluding carboxylic acids is 1. The van der Waals surface area contributed by atoms with Gasteiger partial charge in [0.2, 0.25) is 0 Å². The molecule has 0 aromatic heterocycles. The van der Waals surface area contributed by atoms with Crippen LogP contribution in [0.3, 0.4) is 0 Å². The van der Waals surface area contributed by atoms with Crippen molar-refractivity contribution in [3.8, 4) is 24.7 Å². The average molecular weight is 216 g/mol. The Morgan fingerprint density at radius 1 is 1.29 bits per heavy atom. The van der Waals surface area contributed by atoms with Gasteiger partial charge in [0, 0.05) is 0 Å². The van der Waals surface area contributed by atoms with Gasteiger partial charge in [-0.2, -0.15) is 0 Å². The van der Waals surface area contributed by atoms with Crippen LogP contribution in [0, 0.1) is 24.7 Å². The molecule has 0 aromatic rings. The van der Waals surface area contributed by atoms with Gasteiger partial charge in [-0.05, 0) is 0 Å². The van der Waals surface area contributed by atoms with Crippen molar-refractivity contribution >= 4 is 13.3 Å². The van der Waals surface area contributed by atoms with Crippen molar-refractivity contribution in [2.45, 2.75) is 0 Å². The highest BCUT2D eigenvalue weighted by molar-refractivity contribution is 7.71. The summed E-state index contributed by atoms with van der Waals surface area (Å²) in [4.78, 5) is 11.0. The van der Waals surface area contributed by atoms with Crippen molar-refractivity contribution in [2.24, 2.45) is 0 Å². The third kappa shape index (κ3) is 3.64. The van der Waals surface area contributed by atoms with Gasteiger partial charge in [0.1, 0.15) is 13.2 Å². The van der Waals surface area contributed by atoms with Gasteiger partial charge in [0.05, 0.1) is 7.11 Å². The van der Waals surface area contributed by atoms with Gasteiger partial charge < -0.3 is 4.74 Å². The molecule has 0 heterocycles. The summed E-state index contributed by atoms with van der Waals surface area (Å²) in [6, 6.07) is 0. The molecule has 6 heteroatoms. The highest BCUT2D eigenvalue weighted by Crippen LogP contribution is 2.49. The fourth-order valence-corrected chi connectivity index (χ4v) is 1.50. The third-order valence-electron chi connectivity index (χ3n) is 1.03. The van der Waals surface area contributed by atoms with Gasteiger partial charge in [-0.1, -0.05) is 11.8 Å². The van der Waals surface area contributed by atoms with Crippen molar-refractivity contribution < 1.29 is 23.1 Å². The largest absolute Gasteiger partial charge is 0.460 e. The molecule has 0 fully saturated rings. The standard InChI is InChI=1S/C8H9O5P/c1-4-6-12-14(10,8(9)11-3)13-7-5-2/h1-2H,6-7H2,3H3. The second-order valence-electron chi connectivity index (χ2n) is 1.92. The van der Waals surface area contributed by atoms with E-state index in [-0.39, 0.29) is 13.2 Å². The lowest BCUT2D eigenvalue weighted by Crippen LogP contribution is -2.07. The van der Waals surface area contributed by atoms with E-state index in [0.29, 0.717) is 0 Å². The molecule has 76 valence electrons. The Hall–Kier alpha value is -1.26. The number of terminal acetylenes is 2. The summed E-state index contributed by atoms with van der Waals surface area (Å²) in [5.41, 5.74) is -1.12. The highest BCUT2D eigenvalue weighted by Gasteiger charge is 2.36. The predicted molar refractivity (Wildman–Crippen MR) is 49.6 cm³/mol. The molecule has 0 atom stereocenters. The molecule has 0 saturated carbocycles. The van der Waals surface area contributed by atoms with Crippen molar-refractivity contribution in [3.05, 3.63) is 0 Å². The summed E-state index contributed by atoms with van der Waals surface area (Å²) in [7, 11) is -2.94. The molecule has 0 aromatic carbocycles. The smallest absolute Gasteiger partial charge is 0.440 e. The molecule has 0 N–H and O–H groups in total. The summed E-state index contributed by atoms with van der Waals surface area (Å²) in [6.07, 6.45) is 9.72. The Labute approximate surface area is 82.3 Å². The van der Waals surface area contributed by atoms with E-state index in [4.69, 9.17) is 12.8 Å². The van der Waals surface area contributed by atoms with E-state index in [2.05, 4.69) is 13.8 Å². The topological polar surface area (TPSA) is 61.8 Å². The molecule has 0 rings (SSSR count). The minimum Gasteiger partial charge on any atom is -0.460 e. The molecule has 0 radical (unpaired) electrons. The molecule has 0 aliphatic heterocycles. The maximum Gasteiger partial charge on any atom is 0.440 e. The van der Waals surface area contributed by atoms with Crippen LogP contribution in [-0.4, -0.2) is 26.0 Å².